The second kappa shape index (κ2) is 5.33. The summed E-state index contributed by atoms with van der Waals surface area (Å²) in [6, 6.07) is 10.4. The third kappa shape index (κ3) is 2.34. The van der Waals surface area contributed by atoms with E-state index in [1.807, 2.05) is 6.07 Å². The molecule has 0 fully saturated rings. The minimum Gasteiger partial charge on any atom is -0.245 e. The summed E-state index contributed by atoms with van der Waals surface area (Å²) in [5, 5.41) is 4.40. The first kappa shape index (κ1) is 13.3. The lowest BCUT2D eigenvalue weighted by Gasteiger charge is -2.05. The Kier molecular flexibility index (Phi) is 3.53. The average Bonchev–Trinajstić information content (AvgIpc) is 2.96. The number of nitrogens with zero attached hydrogens (tertiary/aromatic N) is 2. The summed E-state index contributed by atoms with van der Waals surface area (Å²) < 4.78 is 0. The molecule has 2 nitrogen and oxygen atoms in total. The number of para-hydroxylation sites is 1. The van der Waals surface area contributed by atoms with Gasteiger partial charge >= 0.3 is 0 Å². The summed E-state index contributed by atoms with van der Waals surface area (Å²) in [6.07, 6.45) is 1.12. The second-order valence-corrected chi connectivity index (χ2v) is 6.09. The Balaban J connectivity index is 2.08. The van der Waals surface area contributed by atoms with Gasteiger partial charge in [-0.25, -0.2) is 9.97 Å². The fourth-order valence-electron chi connectivity index (χ4n) is 2.30. The van der Waals surface area contributed by atoms with E-state index in [0.29, 0.717) is 5.92 Å². The van der Waals surface area contributed by atoms with E-state index in [9.17, 15) is 0 Å². The van der Waals surface area contributed by atoms with Gasteiger partial charge in [-0.1, -0.05) is 32.0 Å². The molecule has 0 spiro atoms. The maximum atomic E-state index is 4.76. The molecule has 0 saturated heterocycles. The number of hydrogen-bond acceptors (Lipinski definition) is 3. The standard InChI is InChI=1S/C17H18N2S/c1-4-11(2)16-10-20-17(19-16)15-9-12(3)13-7-5-6-8-14(13)18-15/h5-11H,4H2,1-3H3. The minimum absolute atomic E-state index is 0.515. The molecule has 20 heavy (non-hydrogen) atoms. The van der Waals surface area contributed by atoms with Crippen molar-refractivity contribution in [3.63, 3.8) is 0 Å². The van der Waals surface area contributed by atoms with Crippen LogP contribution in [0.3, 0.4) is 0 Å². The Morgan fingerprint density at radius 1 is 1.20 bits per heavy atom. The maximum absolute atomic E-state index is 4.76. The molecule has 0 aliphatic rings. The summed E-state index contributed by atoms with van der Waals surface area (Å²) in [6.45, 7) is 6.55. The van der Waals surface area contributed by atoms with E-state index in [2.05, 4.69) is 50.4 Å². The van der Waals surface area contributed by atoms with Crippen LogP contribution in [0.1, 0.15) is 37.4 Å². The van der Waals surface area contributed by atoms with Gasteiger partial charge in [-0.05, 0) is 37.0 Å². The van der Waals surface area contributed by atoms with Crippen molar-refractivity contribution in [1.29, 1.82) is 0 Å². The topological polar surface area (TPSA) is 25.8 Å². The summed E-state index contributed by atoms with van der Waals surface area (Å²) in [5.74, 6) is 0.515. The highest BCUT2D eigenvalue weighted by Gasteiger charge is 2.11. The van der Waals surface area contributed by atoms with E-state index in [-0.39, 0.29) is 0 Å². The van der Waals surface area contributed by atoms with Crippen molar-refractivity contribution < 1.29 is 0 Å². The molecule has 0 N–H and O–H groups in total. The Morgan fingerprint density at radius 3 is 2.80 bits per heavy atom. The number of aromatic nitrogens is 2. The Bertz CT molecular complexity index is 746. The molecule has 0 saturated carbocycles. The van der Waals surface area contributed by atoms with Crippen LogP contribution >= 0.6 is 11.3 Å². The third-order valence-corrected chi connectivity index (χ3v) is 4.66. The maximum Gasteiger partial charge on any atom is 0.142 e. The van der Waals surface area contributed by atoms with Crippen LogP contribution in [0.5, 0.6) is 0 Å². The van der Waals surface area contributed by atoms with Gasteiger partial charge in [-0.2, -0.15) is 0 Å². The van der Waals surface area contributed by atoms with E-state index in [1.54, 1.807) is 11.3 Å². The molecule has 0 aliphatic heterocycles. The zero-order valence-electron chi connectivity index (χ0n) is 12.1. The highest BCUT2D eigenvalue weighted by molar-refractivity contribution is 7.13. The van der Waals surface area contributed by atoms with Gasteiger partial charge < -0.3 is 0 Å². The Hall–Kier alpha value is -1.74. The summed E-state index contributed by atoms with van der Waals surface area (Å²) in [4.78, 5) is 9.51. The van der Waals surface area contributed by atoms with Crippen molar-refractivity contribution in [2.45, 2.75) is 33.1 Å². The normalized spacial score (nSPS) is 12.8. The first-order chi connectivity index (χ1) is 9.69. The molecule has 102 valence electrons. The number of fused-ring (bicyclic) bond motifs is 1. The van der Waals surface area contributed by atoms with Crippen molar-refractivity contribution in [3.8, 4) is 10.7 Å². The van der Waals surface area contributed by atoms with Crippen molar-refractivity contribution in [2.75, 3.05) is 0 Å². The molecular weight excluding hydrogens is 264 g/mol. The number of benzene rings is 1. The number of pyridine rings is 1. The molecular formula is C17H18N2S. The van der Waals surface area contributed by atoms with Gasteiger partial charge in [-0.15, -0.1) is 11.3 Å². The van der Waals surface area contributed by atoms with Gasteiger partial charge in [0.15, 0.2) is 0 Å². The summed E-state index contributed by atoms with van der Waals surface area (Å²) in [7, 11) is 0. The van der Waals surface area contributed by atoms with Crippen LogP contribution in [0.25, 0.3) is 21.6 Å². The molecule has 3 rings (SSSR count). The average molecular weight is 282 g/mol. The van der Waals surface area contributed by atoms with E-state index >= 15 is 0 Å². The largest absolute Gasteiger partial charge is 0.245 e. The highest BCUT2D eigenvalue weighted by Crippen LogP contribution is 2.29. The number of aryl methyl sites for hydroxylation is 1. The van der Waals surface area contributed by atoms with Gasteiger partial charge in [0.2, 0.25) is 0 Å². The van der Waals surface area contributed by atoms with Crippen LogP contribution in [0.2, 0.25) is 0 Å². The van der Waals surface area contributed by atoms with Gasteiger partial charge in [0.1, 0.15) is 5.01 Å². The van der Waals surface area contributed by atoms with Crippen LogP contribution in [0.15, 0.2) is 35.7 Å². The fourth-order valence-corrected chi connectivity index (χ4v) is 3.20. The third-order valence-electron chi connectivity index (χ3n) is 3.78. The highest BCUT2D eigenvalue weighted by atomic mass is 32.1. The van der Waals surface area contributed by atoms with Crippen molar-refractivity contribution in [2.24, 2.45) is 0 Å². The number of hydrogen-bond donors (Lipinski definition) is 0. The fraction of sp³-hybridized carbons (Fsp3) is 0.294. The Morgan fingerprint density at radius 2 is 2.00 bits per heavy atom. The first-order valence-electron chi connectivity index (χ1n) is 7.01. The molecule has 1 atom stereocenters. The molecule has 0 radical (unpaired) electrons. The van der Waals surface area contributed by atoms with E-state index in [1.165, 1.54) is 16.6 Å². The molecule has 1 aromatic carbocycles. The SMILES string of the molecule is CCC(C)c1csc(-c2cc(C)c3ccccc3n2)n1. The van der Waals surface area contributed by atoms with Gasteiger partial charge in [0, 0.05) is 10.8 Å². The monoisotopic (exact) mass is 282 g/mol. The van der Waals surface area contributed by atoms with Crippen LogP contribution < -0.4 is 0 Å². The predicted octanol–water partition coefficient (Wildman–Crippen LogP) is 5.18. The van der Waals surface area contributed by atoms with Crippen molar-refractivity contribution >= 4 is 22.2 Å². The zero-order chi connectivity index (χ0) is 14.1. The zero-order valence-corrected chi connectivity index (χ0v) is 12.9. The lowest BCUT2D eigenvalue weighted by molar-refractivity contribution is 0.714. The lowest BCUT2D eigenvalue weighted by Crippen LogP contribution is -1.92. The molecule has 2 heterocycles. The quantitative estimate of drug-likeness (QED) is 0.661. The first-order valence-corrected chi connectivity index (χ1v) is 7.89. The number of thiazole rings is 1. The van der Waals surface area contributed by atoms with Crippen molar-refractivity contribution in [3.05, 3.63) is 47.0 Å². The molecule has 2 aromatic heterocycles. The molecule has 3 aromatic rings. The Labute approximate surface area is 123 Å². The molecule has 1 unspecified atom stereocenters. The number of rotatable bonds is 3. The van der Waals surface area contributed by atoms with E-state index in [4.69, 9.17) is 9.97 Å². The molecule has 3 heteroatoms. The van der Waals surface area contributed by atoms with Crippen LogP contribution in [-0.2, 0) is 0 Å². The molecule has 0 amide bonds. The van der Waals surface area contributed by atoms with Crippen LogP contribution in [0, 0.1) is 6.92 Å². The molecule has 0 bridgehead atoms. The van der Waals surface area contributed by atoms with Crippen molar-refractivity contribution in [1.82, 2.24) is 9.97 Å². The summed E-state index contributed by atoms with van der Waals surface area (Å²) >= 11 is 1.69. The molecule has 0 aliphatic carbocycles. The summed E-state index contributed by atoms with van der Waals surface area (Å²) in [5.41, 5.74) is 4.47. The lowest BCUT2D eigenvalue weighted by atomic mass is 10.1. The smallest absolute Gasteiger partial charge is 0.142 e. The van der Waals surface area contributed by atoms with E-state index < -0.39 is 0 Å². The van der Waals surface area contributed by atoms with Gasteiger partial charge in [0.25, 0.3) is 0 Å². The second-order valence-electron chi connectivity index (χ2n) is 5.23. The van der Waals surface area contributed by atoms with Crippen LogP contribution in [0.4, 0.5) is 0 Å². The van der Waals surface area contributed by atoms with Gasteiger partial charge in [-0.3, -0.25) is 0 Å². The predicted molar refractivity (Wildman–Crippen MR) is 86.3 cm³/mol. The van der Waals surface area contributed by atoms with Crippen LogP contribution in [-0.4, -0.2) is 9.97 Å². The van der Waals surface area contributed by atoms with E-state index in [0.717, 1.165) is 22.6 Å². The minimum atomic E-state index is 0.515. The van der Waals surface area contributed by atoms with Gasteiger partial charge in [0.05, 0.1) is 16.9 Å².